The lowest BCUT2D eigenvalue weighted by molar-refractivity contribution is -0.287. The first-order chi connectivity index (χ1) is 22.9. The predicted molar refractivity (Wildman–Crippen MR) is 165 cm³/mol. The number of aromatic nitrogens is 2. The minimum absolute atomic E-state index is 0.0126. The van der Waals surface area contributed by atoms with E-state index in [0.29, 0.717) is 27.7 Å². The summed E-state index contributed by atoms with van der Waals surface area (Å²) in [5.74, 6) is -5.01. The quantitative estimate of drug-likeness (QED) is 0.158. The second-order valence-corrected chi connectivity index (χ2v) is 13.1. The van der Waals surface area contributed by atoms with Crippen LogP contribution in [0.5, 0.6) is 34.5 Å². The third-order valence-electron chi connectivity index (χ3n) is 10.1. The molecule has 0 amide bonds. The number of hydrogen-bond donors (Lipinski definition) is 7. The molecule has 6 atom stereocenters. The zero-order valence-electron chi connectivity index (χ0n) is 25.0. The molecule has 0 saturated carbocycles. The van der Waals surface area contributed by atoms with E-state index in [0.717, 1.165) is 12.1 Å². The highest BCUT2D eigenvalue weighted by molar-refractivity contribution is 6.08. The summed E-state index contributed by atoms with van der Waals surface area (Å²) in [6.07, 6.45) is -3.15. The molecule has 0 radical (unpaired) electrons. The summed E-state index contributed by atoms with van der Waals surface area (Å²) in [6.45, 7) is 0. The number of phenolic OH excluding ortho intramolecular Hbond substituents is 4. The topological polar surface area (TPSA) is 212 Å². The first-order valence-electron chi connectivity index (χ1n) is 15.4. The molecule has 48 heavy (non-hydrogen) atoms. The number of aliphatic hydroxyl groups is 3. The molecule has 3 aromatic carbocycles. The van der Waals surface area contributed by atoms with Crippen LogP contribution in [0, 0.1) is 5.41 Å². The van der Waals surface area contributed by atoms with Gasteiger partial charge in [0.2, 0.25) is 5.79 Å². The van der Waals surface area contributed by atoms with Crippen molar-refractivity contribution in [1.82, 2.24) is 9.97 Å². The van der Waals surface area contributed by atoms with E-state index in [4.69, 9.17) is 24.2 Å². The van der Waals surface area contributed by atoms with Gasteiger partial charge in [0.05, 0.1) is 33.9 Å². The van der Waals surface area contributed by atoms with E-state index in [1.54, 1.807) is 30.3 Å². The van der Waals surface area contributed by atoms with Gasteiger partial charge in [0.15, 0.2) is 5.76 Å². The smallest absolute Gasteiger partial charge is 0.256 e. The Kier molecular flexibility index (Phi) is 5.76. The largest absolute Gasteiger partial charge is 0.508 e. The maximum atomic E-state index is 13.8. The van der Waals surface area contributed by atoms with Crippen molar-refractivity contribution in [2.45, 2.75) is 55.9 Å². The zero-order chi connectivity index (χ0) is 33.3. The van der Waals surface area contributed by atoms with Crippen LogP contribution in [0.25, 0.3) is 22.7 Å². The van der Waals surface area contributed by atoms with Crippen LogP contribution in [0.15, 0.2) is 59.9 Å². The van der Waals surface area contributed by atoms with Gasteiger partial charge >= 0.3 is 0 Å². The Morgan fingerprint density at radius 3 is 2.19 bits per heavy atom. The first kappa shape index (κ1) is 28.8. The second-order valence-electron chi connectivity index (χ2n) is 13.1. The lowest BCUT2D eigenvalue weighted by Gasteiger charge is -2.57. The van der Waals surface area contributed by atoms with Gasteiger partial charge in [0, 0.05) is 60.2 Å². The molecule has 1 aromatic heterocycles. The third-order valence-corrected chi connectivity index (χ3v) is 10.1. The number of para-hydroxylation sites is 2. The summed E-state index contributed by atoms with van der Waals surface area (Å²) < 4.78 is 18.8. The number of phenols is 4. The van der Waals surface area contributed by atoms with Crippen molar-refractivity contribution in [1.29, 1.82) is 0 Å². The van der Waals surface area contributed by atoms with Crippen LogP contribution in [0.2, 0.25) is 0 Å². The molecule has 13 heteroatoms. The van der Waals surface area contributed by atoms with E-state index in [9.17, 15) is 40.5 Å². The number of nitrogens with zero attached hydrogens (tertiary/aromatic N) is 2. The average molecular weight is 653 g/mol. The number of ketones is 1. The molecule has 244 valence electrons. The lowest BCUT2D eigenvalue weighted by Crippen LogP contribution is -2.67. The van der Waals surface area contributed by atoms with Crippen LogP contribution in [0.4, 0.5) is 0 Å². The number of hydrogen-bond acceptors (Lipinski definition) is 13. The normalized spacial score (nSPS) is 30.0. The summed E-state index contributed by atoms with van der Waals surface area (Å²) in [5, 5.41) is 76.7. The van der Waals surface area contributed by atoms with E-state index < -0.39 is 47.2 Å². The highest BCUT2D eigenvalue weighted by Crippen LogP contribution is 2.62. The van der Waals surface area contributed by atoms with Gasteiger partial charge in [-0.1, -0.05) is 12.1 Å². The molecule has 5 aliphatic rings. The predicted octanol–water partition coefficient (Wildman–Crippen LogP) is 2.92. The second kappa shape index (κ2) is 9.60. The molecule has 9 rings (SSSR count). The number of carbonyl (C=O) groups is 1. The van der Waals surface area contributed by atoms with Gasteiger partial charge in [0.25, 0.3) is 5.78 Å². The Balaban J connectivity index is 1.30. The van der Waals surface area contributed by atoms with Crippen molar-refractivity contribution in [3.05, 3.63) is 82.4 Å². The van der Waals surface area contributed by atoms with Crippen LogP contribution < -0.4 is 9.47 Å². The zero-order valence-corrected chi connectivity index (χ0v) is 25.0. The van der Waals surface area contributed by atoms with Crippen molar-refractivity contribution < 1.29 is 54.8 Å². The van der Waals surface area contributed by atoms with Crippen molar-refractivity contribution in [3.63, 3.8) is 0 Å². The number of Topliss-reactive ketones (excluding diaryl/α,β-unsaturated/α-hetero) is 1. The van der Waals surface area contributed by atoms with Crippen LogP contribution in [-0.4, -0.2) is 81.7 Å². The van der Waals surface area contributed by atoms with Crippen LogP contribution in [0.1, 0.15) is 35.4 Å². The molecule has 1 saturated heterocycles. The summed E-state index contributed by atoms with van der Waals surface area (Å²) in [6, 6.07) is 12.1. The van der Waals surface area contributed by atoms with Gasteiger partial charge in [-0.2, -0.15) is 0 Å². The standard InChI is InChI=1S/C35H28N2O11/c38-15-6-22(40)17-10-24(42)31(46-25(17)8-15)14-5-21-29(37-20-4-2-1-3-19(20)36-21)28-30(43)32(44)35(45)13-34(28,12-14)33-27(48-35)11-18-23(41)7-16(39)9-26(18)47-33/h1-9,24,27,31,33,38-43,45H,10-13H2/t24-,27-,31-,33+,34-,35+/m1/s1. The Labute approximate surface area is 271 Å². The fourth-order valence-corrected chi connectivity index (χ4v) is 8.19. The van der Waals surface area contributed by atoms with E-state index >= 15 is 0 Å². The maximum Gasteiger partial charge on any atom is 0.256 e. The van der Waals surface area contributed by atoms with E-state index in [1.807, 2.05) is 0 Å². The minimum Gasteiger partial charge on any atom is -0.508 e. The molecule has 7 N–H and O–H groups in total. The van der Waals surface area contributed by atoms with Crippen molar-refractivity contribution in [3.8, 4) is 34.5 Å². The number of aromatic hydroxyl groups is 4. The van der Waals surface area contributed by atoms with Gasteiger partial charge < -0.3 is 50.0 Å². The van der Waals surface area contributed by atoms with E-state index in [2.05, 4.69) is 0 Å². The van der Waals surface area contributed by atoms with Gasteiger partial charge in [-0.3, -0.25) is 4.79 Å². The van der Waals surface area contributed by atoms with Crippen LogP contribution in [0.3, 0.4) is 0 Å². The number of fused-ring (bicyclic) bond motifs is 7. The summed E-state index contributed by atoms with van der Waals surface area (Å²) in [7, 11) is 0. The van der Waals surface area contributed by atoms with Crippen molar-refractivity contribution >= 4 is 28.5 Å². The van der Waals surface area contributed by atoms with E-state index in [1.165, 1.54) is 12.1 Å². The molecule has 3 aliphatic heterocycles. The monoisotopic (exact) mass is 652 g/mol. The fraction of sp³-hybridized carbons (Fsp3) is 0.286. The molecule has 2 bridgehead atoms. The van der Waals surface area contributed by atoms with Crippen molar-refractivity contribution in [2.75, 3.05) is 0 Å². The summed E-state index contributed by atoms with van der Waals surface area (Å²) >= 11 is 0. The molecule has 13 nitrogen and oxygen atoms in total. The molecule has 1 fully saturated rings. The number of ether oxygens (including phenoxy) is 3. The van der Waals surface area contributed by atoms with Gasteiger partial charge in [-0.05, 0) is 30.2 Å². The molecule has 1 spiro atoms. The first-order valence-corrected chi connectivity index (χ1v) is 15.4. The summed E-state index contributed by atoms with van der Waals surface area (Å²) in [5.41, 5.74) is 1.07. The fourth-order valence-electron chi connectivity index (χ4n) is 8.19. The third kappa shape index (κ3) is 3.92. The molecule has 4 aromatic rings. The molecule has 4 heterocycles. The Morgan fingerprint density at radius 1 is 0.833 bits per heavy atom. The number of benzene rings is 3. The lowest BCUT2D eigenvalue weighted by atomic mass is 9.58. The highest BCUT2D eigenvalue weighted by atomic mass is 16.7. The molecule has 0 unspecified atom stereocenters. The Hall–Kier alpha value is -5.37. The average Bonchev–Trinajstić information content (AvgIpc) is 3.16. The molecule has 2 aliphatic carbocycles. The van der Waals surface area contributed by atoms with Crippen LogP contribution >= 0.6 is 0 Å². The number of carbonyl (C=O) groups excluding carboxylic acids is 1. The van der Waals surface area contributed by atoms with Gasteiger partial charge in [0.1, 0.15) is 52.8 Å². The molecular formula is C35H28N2O11. The SMILES string of the molecule is O=C1C(O)=C2c3nc4ccccc4nc3C=C([C@H]3Oc4cc(O)cc(O)c4C[C@H]3O)C[C@@]23C[C@]1(O)O[C@@H]1Cc2c(O)cc(O)cc2O[C@@H]13. The maximum absolute atomic E-state index is 13.8. The Bertz CT molecular complexity index is 2180. The van der Waals surface area contributed by atoms with Gasteiger partial charge in [-0.25, -0.2) is 9.97 Å². The van der Waals surface area contributed by atoms with Crippen molar-refractivity contribution in [2.24, 2.45) is 5.41 Å². The van der Waals surface area contributed by atoms with E-state index in [-0.39, 0.29) is 77.1 Å². The highest BCUT2D eigenvalue weighted by Gasteiger charge is 2.68. The molecular weight excluding hydrogens is 624 g/mol. The van der Waals surface area contributed by atoms with Crippen LogP contribution in [-0.2, 0) is 22.4 Å². The number of rotatable bonds is 1. The number of aliphatic hydroxyl groups excluding tert-OH is 2. The van der Waals surface area contributed by atoms with Gasteiger partial charge in [-0.15, -0.1) is 0 Å². The summed E-state index contributed by atoms with van der Waals surface area (Å²) in [4.78, 5) is 23.5. The minimum atomic E-state index is -2.49. The Morgan fingerprint density at radius 2 is 1.48 bits per heavy atom.